The molecule has 0 spiro atoms. The van der Waals surface area contributed by atoms with E-state index in [4.69, 9.17) is 4.74 Å². The van der Waals surface area contributed by atoms with Crippen LogP contribution < -0.4 is 19.9 Å². The summed E-state index contributed by atoms with van der Waals surface area (Å²) >= 11 is 0. The zero-order valence-corrected chi connectivity index (χ0v) is 20.9. The number of aromatic nitrogens is 2. The van der Waals surface area contributed by atoms with Gasteiger partial charge in [-0.25, -0.2) is 9.97 Å². The zero-order chi connectivity index (χ0) is 24.7. The summed E-state index contributed by atoms with van der Waals surface area (Å²) in [5, 5.41) is 14.6. The second kappa shape index (κ2) is 11.7. The molecule has 0 aliphatic carbocycles. The largest absolute Gasteiger partial charge is 0.494 e. The summed E-state index contributed by atoms with van der Waals surface area (Å²) in [6, 6.07) is 10.0. The first-order valence-corrected chi connectivity index (χ1v) is 12.6. The fourth-order valence-electron chi connectivity index (χ4n) is 4.74. The molecule has 0 saturated carbocycles. The predicted octanol–water partition coefficient (Wildman–Crippen LogP) is 2.05. The lowest BCUT2D eigenvalue weighted by atomic mass is 9.92. The van der Waals surface area contributed by atoms with Crippen LogP contribution in [0.15, 0.2) is 36.7 Å². The van der Waals surface area contributed by atoms with Gasteiger partial charge in [-0.2, -0.15) is 0 Å². The third kappa shape index (κ3) is 7.05. The van der Waals surface area contributed by atoms with Crippen LogP contribution in [0, 0.1) is 0 Å². The third-order valence-corrected chi connectivity index (χ3v) is 6.69. The molecule has 2 saturated heterocycles. The zero-order valence-electron chi connectivity index (χ0n) is 20.9. The average molecular weight is 483 g/mol. The first kappa shape index (κ1) is 25.2. The standard InChI is InChI=1S/C26H38N6O3/c1-30(2)23-16-24(29-20-28-23)32-13-4-11-26(34,19-32)18-27-17-21-7-9-22(10-8-21)35-15-5-14-31-12-3-6-25(31)33/h7-10,16,20,27,34H,3-6,11-15,17-19H2,1-2H3/t26-/m1/s1. The molecule has 9 heteroatoms. The molecule has 1 aromatic heterocycles. The van der Waals surface area contributed by atoms with E-state index in [0.717, 1.165) is 68.3 Å². The third-order valence-electron chi connectivity index (χ3n) is 6.69. The first-order chi connectivity index (χ1) is 16.9. The van der Waals surface area contributed by atoms with Crippen LogP contribution in [0.4, 0.5) is 11.6 Å². The van der Waals surface area contributed by atoms with Gasteiger partial charge in [0.1, 0.15) is 23.7 Å². The summed E-state index contributed by atoms with van der Waals surface area (Å²) in [5.74, 6) is 2.81. The molecular formula is C26H38N6O3. The summed E-state index contributed by atoms with van der Waals surface area (Å²) < 4.78 is 5.83. The number of amides is 1. The van der Waals surface area contributed by atoms with Crippen LogP contribution in [0.2, 0.25) is 0 Å². The number of piperidine rings is 1. The van der Waals surface area contributed by atoms with E-state index in [1.54, 1.807) is 6.33 Å². The summed E-state index contributed by atoms with van der Waals surface area (Å²) in [6.07, 6.45) is 5.76. The van der Waals surface area contributed by atoms with E-state index in [2.05, 4.69) is 20.2 Å². The molecule has 1 aromatic carbocycles. The van der Waals surface area contributed by atoms with Gasteiger partial charge in [0, 0.05) is 65.9 Å². The number of benzene rings is 1. The van der Waals surface area contributed by atoms with Gasteiger partial charge in [-0.1, -0.05) is 12.1 Å². The Labute approximate surface area is 208 Å². The molecule has 2 aliphatic rings. The van der Waals surface area contributed by atoms with Gasteiger partial charge in [0.2, 0.25) is 5.91 Å². The Hall–Kier alpha value is -2.91. The van der Waals surface area contributed by atoms with Crippen LogP contribution in [-0.4, -0.2) is 84.9 Å². The molecule has 4 rings (SSSR count). The molecule has 3 heterocycles. The number of hydrogen-bond acceptors (Lipinski definition) is 8. The minimum atomic E-state index is -0.804. The number of β-amino-alcohol motifs (C(OH)–C–C–N with tert-alkyl or cyclic N) is 1. The van der Waals surface area contributed by atoms with Gasteiger partial charge < -0.3 is 29.9 Å². The molecule has 35 heavy (non-hydrogen) atoms. The Bertz CT molecular complexity index is 970. The fraction of sp³-hybridized carbons (Fsp3) is 0.577. The highest BCUT2D eigenvalue weighted by atomic mass is 16.5. The molecular weight excluding hydrogens is 444 g/mol. The van der Waals surface area contributed by atoms with E-state index < -0.39 is 5.60 Å². The second-order valence-corrected chi connectivity index (χ2v) is 9.81. The highest BCUT2D eigenvalue weighted by molar-refractivity contribution is 5.78. The maximum atomic E-state index is 11.7. The van der Waals surface area contributed by atoms with Gasteiger partial charge in [0.05, 0.1) is 12.2 Å². The van der Waals surface area contributed by atoms with E-state index in [0.29, 0.717) is 32.7 Å². The van der Waals surface area contributed by atoms with Crippen LogP contribution in [0.25, 0.3) is 0 Å². The lowest BCUT2D eigenvalue weighted by Gasteiger charge is -2.40. The van der Waals surface area contributed by atoms with Gasteiger partial charge in [-0.3, -0.25) is 4.79 Å². The van der Waals surface area contributed by atoms with Crippen molar-refractivity contribution in [2.45, 2.75) is 44.2 Å². The smallest absolute Gasteiger partial charge is 0.222 e. The molecule has 0 unspecified atom stereocenters. The van der Waals surface area contributed by atoms with Crippen molar-refractivity contribution in [2.75, 3.05) is 63.2 Å². The maximum absolute atomic E-state index is 11.7. The van der Waals surface area contributed by atoms with Crippen molar-refractivity contribution >= 4 is 17.5 Å². The Morgan fingerprint density at radius 3 is 2.74 bits per heavy atom. The lowest BCUT2D eigenvalue weighted by molar-refractivity contribution is -0.127. The topological polar surface area (TPSA) is 94.1 Å². The van der Waals surface area contributed by atoms with E-state index >= 15 is 0 Å². The molecule has 2 N–H and O–H groups in total. The molecule has 2 fully saturated rings. The van der Waals surface area contributed by atoms with Gasteiger partial charge >= 0.3 is 0 Å². The molecule has 1 atom stereocenters. The Morgan fingerprint density at radius 1 is 1.17 bits per heavy atom. The van der Waals surface area contributed by atoms with Crippen molar-refractivity contribution in [3.63, 3.8) is 0 Å². The Balaban J connectivity index is 1.19. The van der Waals surface area contributed by atoms with Crippen molar-refractivity contribution in [3.05, 3.63) is 42.2 Å². The van der Waals surface area contributed by atoms with Crippen molar-refractivity contribution in [2.24, 2.45) is 0 Å². The number of carbonyl (C=O) groups excluding carboxylic acids is 1. The number of hydrogen-bond donors (Lipinski definition) is 2. The highest BCUT2D eigenvalue weighted by Gasteiger charge is 2.33. The second-order valence-electron chi connectivity index (χ2n) is 9.81. The Kier molecular flexibility index (Phi) is 8.41. The maximum Gasteiger partial charge on any atom is 0.222 e. The number of ether oxygens (including phenoxy) is 1. The molecule has 9 nitrogen and oxygen atoms in total. The van der Waals surface area contributed by atoms with E-state index in [9.17, 15) is 9.90 Å². The summed E-state index contributed by atoms with van der Waals surface area (Å²) in [7, 11) is 3.92. The number of rotatable bonds is 11. The Morgan fingerprint density at radius 2 is 2.00 bits per heavy atom. The van der Waals surface area contributed by atoms with Crippen molar-refractivity contribution in [3.8, 4) is 5.75 Å². The molecule has 190 valence electrons. The van der Waals surface area contributed by atoms with Gasteiger partial charge in [-0.05, 0) is 43.4 Å². The molecule has 0 bridgehead atoms. The van der Waals surface area contributed by atoms with Crippen molar-refractivity contribution < 1.29 is 14.6 Å². The number of nitrogens with one attached hydrogen (secondary N) is 1. The molecule has 2 aromatic rings. The van der Waals surface area contributed by atoms with E-state index in [1.165, 1.54) is 0 Å². The van der Waals surface area contributed by atoms with Crippen molar-refractivity contribution in [1.82, 2.24) is 20.2 Å². The minimum Gasteiger partial charge on any atom is -0.494 e. The summed E-state index contributed by atoms with van der Waals surface area (Å²) in [4.78, 5) is 26.4. The first-order valence-electron chi connectivity index (χ1n) is 12.6. The fourth-order valence-corrected chi connectivity index (χ4v) is 4.74. The summed E-state index contributed by atoms with van der Waals surface area (Å²) in [6.45, 7) is 4.87. The number of anilines is 2. The van der Waals surface area contributed by atoms with Crippen LogP contribution >= 0.6 is 0 Å². The number of carbonyl (C=O) groups is 1. The van der Waals surface area contributed by atoms with Gasteiger partial charge in [-0.15, -0.1) is 0 Å². The van der Waals surface area contributed by atoms with E-state index in [1.807, 2.05) is 54.2 Å². The van der Waals surface area contributed by atoms with Crippen LogP contribution in [0.5, 0.6) is 5.75 Å². The number of likely N-dealkylation sites (tertiary alicyclic amines) is 1. The predicted molar refractivity (Wildman–Crippen MR) is 137 cm³/mol. The van der Waals surface area contributed by atoms with Crippen LogP contribution in [0.1, 0.15) is 37.7 Å². The van der Waals surface area contributed by atoms with E-state index in [-0.39, 0.29) is 5.91 Å². The average Bonchev–Trinajstić information content (AvgIpc) is 3.27. The normalized spacial score (nSPS) is 20.4. The molecule has 0 radical (unpaired) electrons. The summed E-state index contributed by atoms with van der Waals surface area (Å²) in [5.41, 5.74) is 0.337. The highest BCUT2D eigenvalue weighted by Crippen LogP contribution is 2.26. The number of aliphatic hydroxyl groups is 1. The quantitative estimate of drug-likeness (QED) is 0.470. The van der Waals surface area contributed by atoms with Crippen LogP contribution in [0.3, 0.4) is 0 Å². The minimum absolute atomic E-state index is 0.264. The van der Waals surface area contributed by atoms with Gasteiger partial charge in [0.15, 0.2) is 0 Å². The SMILES string of the molecule is CN(C)c1cc(N2CCC[C@@](O)(CNCc3ccc(OCCCN4CCCC4=O)cc3)C2)ncn1. The monoisotopic (exact) mass is 482 g/mol. The molecule has 1 amide bonds. The van der Waals surface area contributed by atoms with Crippen LogP contribution in [-0.2, 0) is 11.3 Å². The van der Waals surface area contributed by atoms with Gasteiger partial charge in [0.25, 0.3) is 0 Å². The number of nitrogens with zero attached hydrogens (tertiary/aromatic N) is 5. The lowest BCUT2D eigenvalue weighted by Crippen LogP contribution is -2.53. The molecule has 2 aliphatic heterocycles. The van der Waals surface area contributed by atoms with Crippen molar-refractivity contribution in [1.29, 1.82) is 0 Å².